The molecule has 0 aliphatic heterocycles. The van der Waals surface area contributed by atoms with Crippen LogP contribution in [0, 0.1) is 12.1 Å². The zero-order chi connectivity index (χ0) is 9.68. The molecular weight excluding hydrogens is 168 g/mol. The summed E-state index contributed by atoms with van der Waals surface area (Å²) >= 11 is 0. The topological polar surface area (TPSA) is 59.2 Å². The second kappa shape index (κ2) is 4.67. The number of nitrogens with one attached hydrogen (secondary N) is 1. The molecule has 1 aromatic heterocycles. The van der Waals surface area contributed by atoms with Gasteiger partial charge in [0.05, 0.1) is 12.7 Å². The van der Waals surface area contributed by atoms with E-state index in [2.05, 4.69) is 5.32 Å². The van der Waals surface area contributed by atoms with Gasteiger partial charge in [0.15, 0.2) is 0 Å². The average Bonchev–Trinajstić information content (AvgIpc) is 2.11. The SMILES string of the molecule is Cc1cc[n+]([O-])c(NCCCO)c1. The standard InChI is InChI=1S/C9H14N2O2/c1-8-3-5-11(13)9(7-8)10-4-2-6-12/h3,5,7,10,12H,2,4,6H2,1H3. The fraction of sp³-hybridized carbons (Fsp3) is 0.444. The predicted molar refractivity (Wildman–Crippen MR) is 50.3 cm³/mol. The van der Waals surface area contributed by atoms with Crippen LogP contribution in [0.25, 0.3) is 0 Å². The highest BCUT2D eigenvalue weighted by Gasteiger charge is 2.01. The van der Waals surface area contributed by atoms with E-state index in [0.717, 1.165) is 10.3 Å². The predicted octanol–water partition coefficient (Wildman–Crippen LogP) is 0.423. The Labute approximate surface area is 77.4 Å². The summed E-state index contributed by atoms with van der Waals surface area (Å²) in [6.07, 6.45) is 2.12. The Bertz CT molecular complexity index is 276. The summed E-state index contributed by atoms with van der Waals surface area (Å²) in [7, 11) is 0. The molecule has 1 heterocycles. The first kappa shape index (κ1) is 9.80. The van der Waals surface area contributed by atoms with Crippen molar-refractivity contribution in [2.75, 3.05) is 18.5 Å². The Morgan fingerprint density at radius 3 is 3.08 bits per heavy atom. The molecule has 0 saturated carbocycles. The molecule has 13 heavy (non-hydrogen) atoms. The minimum atomic E-state index is 0.137. The monoisotopic (exact) mass is 182 g/mol. The quantitative estimate of drug-likeness (QED) is 0.403. The zero-order valence-electron chi connectivity index (χ0n) is 7.66. The van der Waals surface area contributed by atoms with E-state index in [1.54, 1.807) is 12.1 Å². The van der Waals surface area contributed by atoms with Crippen molar-refractivity contribution in [1.82, 2.24) is 0 Å². The van der Waals surface area contributed by atoms with Crippen LogP contribution in [0.15, 0.2) is 18.3 Å². The molecule has 0 unspecified atom stereocenters. The normalized spacial score (nSPS) is 10.0. The van der Waals surface area contributed by atoms with Crippen molar-refractivity contribution in [3.8, 4) is 0 Å². The van der Waals surface area contributed by atoms with E-state index < -0.39 is 0 Å². The Kier molecular flexibility index (Phi) is 3.52. The zero-order valence-corrected chi connectivity index (χ0v) is 7.66. The Morgan fingerprint density at radius 2 is 2.38 bits per heavy atom. The molecule has 4 heteroatoms. The van der Waals surface area contributed by atoms with Gasteiger partial charge in [0.1, 0.15) is 0 Å². The van der Waals surface area contributed by atoms with E-state index in [4.69, 9.17) is 5.11 Å². The van der Waals surface area contributed by atoms with Crippen molar-refractivity contribution < 1.29 is 9.84 Å². The first-order valence-electron chi connectivity index (χ1n) is 4.28. The smallest absolute Gasteiger partial charge is 0.277 e. The molecule has 0 spiro atoms. The van der Waals surface area contributed by atoms with Crippen LogP contribution in [-0.2, 0) is 0 Å². The van der Waals surface area contributed by atoms with Crippen molar-refractivity contribution in [2.24, 2.45) is 0 Å². The van der Waals surface area contributed by atoms with Crippen molar-refractivity contribution in [3.05, 3.63) is 29.1 Å². The summed E-state index contributed by atoms with van der Waals surface area (Å²) < 4.78 is 0.782. The van der Waals surface area contributed by atoms with Crippen molar-refractivity contribution in [2.45, 2.75) is 13.3 Å². The van der Waals surface area contributed by atoms with E-state index in [-0.39, 0.29) is 6.61 Å². The lowest BCUT2D eigenvalue weighted by Gasteiger charge is -2.08. The van der Waals surface area contributed by atoms with Crippen LogP contribution >= 0.6 is 0 Å². The van der Waals surface area contributed by atoms with E-state index in [9.17, 15) is 5.21 Å². The van der Waals surface area contributed by atoms with Crippen LogP contribution in [-0.4, -0.2) is 18.3 Å². The number of anilines is 1. The summed E-state index contributed by atoms with van der Waals surface area (Å²) in [5, 5.41) is 22.6. The molecule has 4 nitrogen and oxygen atoms in total. The van der Waals surface area contributed by atoms with Crippen molar-refractivity contribution in [1.29, 1.82) is 0 Å². The Balaban J connectivity index is 2.59. The maximum absolute atomic E-state index is 11.2. The van der Waals surface area contributed by atoms with Crippen molar-refractivity contribution >= 4 is 5.82 Å². The third-order valence-electron chi connectivity index (χ3n) is 1.72. The van der Waals surface area contributed by atoms with Gasteiger partial charge in [0.25, 0.3) is 5.82 Å². The number of hydrogen-bond donors (Lipinski definition) is 2. The first-order valence-corrected chi connectivity index (χ1v) is 4.28. The highest BCUT2D eigenvalue weighted by atomic mass is 16.5. The number of nitrogens with zero attached hydrogens (tertiary/aromatic N) is 1. The molecule has 1 rings (SSSR count). The summed E-state index contributed by atoms with van der Waals surface area (Å²) in [4.78, 5) is 0. The van der Waals surface area contributed by atoms with Crippen LogP contribution in [0.2, 0.25) is 0 Å². The Hall–Kier alpha value is -1.29. The van der Waals surface area contributed by atoms with Gasteiger partial charge in [-0.3, -0.25) is 5.32 Å². The highest BCUT2D eigenvalue weighted by Crippen LogP contribution is 2.02. The van der Waals surface area contributed by atoms with Gasteiger partial charge < -0.3 is 10.3 Å². The minimum absolute atomic E-state index is 0.137. The van der Waals surface area contributed by atoms with Gasteiger partial charge in [-0.05, 0) is 18.6 Å². The number of pyridine rings is 1. The number of hydrogen-bond acceptors (Lipinski definition) is 3. The number of aromatic nitrogens is 1. The van der Waals surface area contributed by atoms with Crippen molar-refractivity contribution in [3.63, 3.8) is 0 Å². The molecule has 0 atom stereocenters. The molecule has 1 aromatic rings. The molecular formula is C9H14N2O2. The van der Waals surface area contributed by atoms with Crippen LogP contribution in [0.5, 0.6) is 0 Å². The molecule has 2 N–H and O–H groups in total. The molecule has 0 aliphatic carbocycles. The third-order valence-corrected chi connectivity index (χ3v) is 1.72. The van der Waals surface area contributed by atoms with Crippen LogP contribution < -0.4 is 10.0 Å². The molecule has 0 radical (unpaired) electrons. The van der Waals surface area contributed by atoms with E-state index in [0.29, 0.717) is 18.8 Å². The molecule has 0 saturated heterocycles. The van der Waals surface area contributed by atoms with Crippen LogP contribution in [0.4, 0.5) is 5.82 Å². The Morgan fingerprint density at radius 1 is 1.62 bits per heavy atom. The number of aryl methyl sites for hydroxylation is 1. The van der Waals surface area contributed by atoms with Gasteiger partial charge in [-0.1, -0.05) is 0 Å². The molecule has 72 valence electrons. The molecule has 0 aliphatic rings. The van der Waals surface area contributed by atoms with Gasteiger partial charge in [-0.25, -0.2) is 4.73 Å². The summed E-state index contributed by atoms with van der Waals surface area (Å²) in [5.74, 6) is 0.536. The van der Waals surface area contributed by atoms with E-state index >= 15 is 0 Å². The lowest BCUT2D eigenvalue weighted by atomic mass is 10.3. The van der Waals surface area contributed by atoms with Crippen LogP contribution in [0.3, 0.4) is 0 Å². The van der Waals surface area contributed by atoms with Crippen LogP contribution in [0.1, 0.15) is 12.0 Å². The second-order valence-electron chi connectivity index (χ2n) is 2.92. The molecule has 0 bridgehead atoms. The van der Waals surface area contributed by atoms with Gasteiger partial charge in [-0.15, -0.1) is 0 Å². The molecule has 0 fully saturated rings. The highest BCUT2D eigenvalue weighted by molar-refractivity contribution is 5.31. The maximum Gasteiger partial charge on any atom is 0.277 e. The molecule has 0 aromatic carbocycles. The number of aliphatic hydroxyl groups is 1. The largest absolute Gasteiger partial charge is 0.711 e. The van der Waals surface area contributed by atoms with E-state index in [1.807, 2.05) is 6.92 Å². The lowest BCUT2D eigenvalue weighted by molar-refractivity contribution is -0.590. The first-order chi connectivity index (χ1) is 6.24. The van der Waals surface area contributed by atoms with Gasteiger partial charge >= 0.3 is 0 Å². The maximum atomic E-state index is 11.2. The third kappa shape index (κ3) is 2.91. The average molecular weight is 182 g/mol. The fourth-order valence-electron chi connectivity index (χ4n) is 1.02. The number of rotatable bonds is 4. The van der Waals surface area contributed by atoms with Gasteiger partial charge in [0, 0.05) is 19.1 Å². The summed E-state index contributed by atoms with van der Waals surface area (Å²) in [6.45, 7) is 2.68. The lowest BCUT2D eigenvalue weighted by Crippen LogP contribution is -2.30. The second-order valence-corrected chi connectivity index (χ2v) is 2.92. The molecule has 0 amide bonds. The summed E-state index contributed by atoms with van der Waals surface area (Å²) in [5.41, 5.74) is 1.04. The van der Waals surface area contributed by atoms with E-state index in [1.165, 1.54) is 6.20 Å². The number of aliphatic hydroxyl groups excluding tert-OH is 1. The van der Waals surface area contributed by atoms with Gasteiger partial charge in [0.2, 0.25) is 0 Å². The minimum Gasteiger partial charge on any atom is -0.711 e. The van der Waals surface area contributed by atoms with Gasteiger partial charge in [-0.2, -0.15) is 0 Å². The fourth-order valence-corrected chi connectivity index (χ4v) is 1.02. The summed E-state index contributed by atoms with van der Waals surface area (Å²) in [6, 6.07) is 3.54.